The fraction of sp³-hybridized carbons (Fsp3) is 0.800. The smallest absolute Gasteiger partial charge is 0.331 e. The number of carbonyl (C=O) groups is 2. The van der Waals surface area contributed by atoms with Crippen molar-refractivity contribution in [2.75, 3.05) is 0 Å². The van der Waals surface area contributed by atoms with Crippen molar-refractivity contribution >= 4 is 11.9 Å². The van der Waals surface area contributed by atoms with Gasteiger partial charge >= 0.3 is 11.9 Å². The van der Waals surface area contributed by atoms with Gasteiger partial charge in [0.2, 0.25) is 0 Å². The fourth-order valence-electron chi connectivity index (χ4n) is 2.90. The van der Waals surface area contributed by atoms with E-state index in [9.17, 15) is 9.59 Å². The number of carboxylic acid groups (broad SMARTS) is 2. The Morgan fingerprint density at radius 1 is 0.667 bits per heavy atom. The van der Waals surface area contributed by atoms with E-state index in [1.165, 1.54) is 70.6 Å². The number of unbranched alkanes of at least 4 members (excludes halogenated alkanes) is 13. The van der Waals surface area contributed by atoms with Crippen LogP contribution in [0.1, 0.15) is 103 Å². The van der Waals surface area contributed by atoms with E-state index in [0.29, 0.717) is 6.42 Å². The monoisotopic (exact) mass is 340 g/mol. The fourth-order valence-corrected chi connectivity index (χ4v) is 2.90. The zero-order valence-corrected chi connectivity index (χ0v) is 15.4. The normalized spacial score (nSPS) is 11.6. The first-order valence-electron chi connectivity index (χ1n) is 9.74. The molecule has 4 nitrogen and oxygen atoms in total. The minimum absolute atomic E-state index is 0.00133. The molecule has 0 amide bonds. The largest absolute Gasteiger partial charge is 0.478 e. The first-order chi connectivity index (χ1) is 11.6. The van der Waals surface area contributed by atoms with Crippen molar-refractivity contribution in [2.24, 2.45) is 0 Å². The molecular weight excluding hydrogens is 304 g/mol. The summed E-state index contributed by atoms with van der Waals surface area (Å²) in [4.78, 5) is 21.4. The SMILES string of the molecule is CCCCCCCCCCCCCCCCC(=CC(=O)O)C(=O)O. The van der Waals surface area contributed by atoms with Crippen molar-refractivity contribution in [3.05, 3.63) is 11.6 Å². The predicted octanol–water partition coefficient (Wildman–Crippen LogP) is 5.95. The van der Waals surface area contributed by atoms with Gasteiger partial charge in [0, 0.05) is 11.6 Å². The predicted molar refractivity (Wildman–Crippen MR) is 98.3 cm³/mol. The molecule has 0 spiro atoms. The molecule has 0 aromatic heterocycles. The third-order valence-corrected chi connectivity index (χ3v) is 4.37. The van der Waals surface area contributed by atoms with Crippen molar-refractivity contribution in [3.63, 3.8) is 0 Å². The van der Waals surface area contributed by atoms with Gasteiger partial charge in [0.15, 0.2) is 0 Å². The van der Waals surface area contributed by atoms with Crippen LogP contribution >= 0.6 is 0 Å². The van der Waals surface area contributed by atoms with Gasteiger partial charge in [-0.2, -0.15) is 0 Å². The van der Waals surface area contributed by atoms with E-state index in [0.717, 1.165) is 25.3 Å². The summed E-state index contributed by atoms with van der Waals surface area (Å²) in [5.74, 6) is -2.30. The van der Waals surface area contributed by atoms with Crippen LogP contribution in [0.5, 0.6) is 0 Å². The maximum atomic E-state index is 10.9. The Morgan fingerprint density at radius 2 is 1.04 bits per heavy atom. The van der Waals surface area contributed by atoms with Gasteiger partial charge in [0.25, 0.3) is 0 Å². The van der Waals surface area contributed by atoms with Gasteiger partial charge in [0.1, 0.15) is 0 Å². The van der Waals surface area contributed by atoms with E-state index < -0.39 is 11.9 Å². The standard InChI is InChI=1S/C20H36O4/c1-2-3-4-5-6-7-8-9-10-11-12-13-14-15-16-18(20(23)24)17-19(21)22/h17H,2-16H2,1H3,(H,21,22)(H,23,24). The second-order valence-electron chi connectivity index (χ2n) is 6.66. The molecule has 0 aliphatic heterocycles. The molecule has 0 aromatic carbocycles. The molecule has 0 atom stereocenters. The van der Waals surface area contributed by atoms with E-state index in [2.05, 4.69) is 6.92 Å². The molecule has 0 bridgehead atoms. The zero-order chi connectivity index (χ0) is 18.0. The third-order valence-electron chi connectivity index (χ3n) is 4.37. The van der Waals surface area contributed by atoms with Crippen LogP contribution in [0.4, 0.5) is 0 Å². The molecule has 0 heterocycles. The van der Waals surface area contributed by atoms with Crippen molar-refractivity contribution in [1.82, 2.24) is 0 Å². The Balaban J connectivity index is 3.36. The van der Waals surface area contributed by atoms with E-state index in [1.807, 2.05) is 0 Å². The van der Waals surface area contributed by atoms with Gasteiger partial charge in [-0.3, -0.25) is 0 Å². The number of hydrogen-bond acceptors (Lipinski definition) is 2. The van der Waals surface area contributed by atoms with Crippen LogP contribution in [-0.4, -0.2) is 22.2 Å². The lowest BCUT2D eigenvalue weighted by molar-refractivity contribution is -0.135. The van der Waals surface area contributed by atoms with Crippen LogP contribution in [0.3, 0.4) is 0 Å². The summed E-state index contributed by atoms with van der Waals surface area (Å²) in [6.45, 7) is 2.25. The molecule has 24 heavy (non-hydrogen) atoms. The van der Waals surface area contributed by atoms with Gasteiger partial charge < -0.3 is 10.2 Å². The van der Waals surface area contributed by atoms with E-state index in [-0.39, 0.29) is 5.57 Å². The second-order valence-corrected chi connectivity index (χ2v) is 6.66. The highest BCUT2D eigenvalue weighted by atomic mass is 16.4. The summed E-state index contributed by atoms with van der Waals surface area (Å²) in [6.07, 6.45) is 18.7. The Bertz CT molecular complexity index is 361. The van der Waals surface area contributed by atoms with Crippen LogP contribution in [0.15, 0.2) is 11.6 Å². The molecule has 0 fully saturated rings. The van der Waals surface area contributed by atoms with E-state index in [1.54, 1.807) is 0 Å². The topological polar surface area (TPSA) is 74.6 Å². The lowest BCUT2D eigenvalue weighted by Gasteiger charge is -2.04. The first kappa shape index (κ1) is 22.7. The molecule has 2 N–H and O–H groups in total. The minimum atomic E-state index is -1.18. The molecule has 0 radical (unpaired) electrons. The van der Waals surface area contributed by atoms with Gasteiger partial charge in [0.05, 0.1) is 0 Å². The number of carboxylic acids is 2. The highest BCUT2D eigenvalue weighted by Gasteiger charge is 2.08. The molecule has 0 aromatic rings. The van der Waals surface area contributed by atoms with Gasteiger partial charge in [-0.05, 0) is 12.8 Å². The second kappa shape index (κ2) is 16.5. The van der Waals surface area contributed by atoms with E-state index >= 15 is 0 Å². The first-order valence-corrected chi connectivity index (χ1v) is 9.74. The summed E-state index contributed by atoms with van der Waals surface area (Å²) in [5, 5.41) is 17.5. The summed E-state index contributed by atoms with van der Waals surface area (Å²) < 4.78 is 0. The molecule has 0 aliphatic carbocycles. The van der Waals surface area contributed by atoms with Crippen LogP contribution < -0.4 is 0 Å². The molecule has 4 heteroatoms. The quantitative estimate of drug-likeness (QED) is 0.253. The van der Waals surface area contributed by atoms with Crippen molar-refractivity contribution in [1.29, 1.82) is 0 Å². The highest BCUT2D eigenvalue weighted by molar-refractivity contribution is 5.94. The molecular formula is C20H36O4. The Morgan fingerprint density at radius 3 is 1.38 bits per heavy atom. The maximum absolute atomic E-state index is 10.9. The third kappa shape index (κ3) is 15.6. The Labute approximate surface area is 147 Å². The zero-order valence-electron chi connectivity index (χ0n) is 15.4. The molecule has 0 rings (SSSR count). The van der Waals surface area contributed by atoms with Crippen LogP contribution in [0.2, 0.25) is 0 Å². The molecule has 0 unspecified atom stereocenters. The molecule has 0 saturated carbocycles. The van der Waals surface area contributed by atoms with Crippen molar-refractivity contribution in [2.45, 2.75) is 103 Å². The number of rotatable bonds is 17. The van der Waals surface area contributed by atoms with Crippen LogP contribution in [-0.2, 0) is 9.59 Å². The van der Waals surface area contributed by atoms with E-state index in [4.69, 9.17) is 10.2 Å². The molecule has 140 valence electrons. The summed E-state index contributed by atoms with van der Waals surface area (Å²) >= 11 is 0. The van der Waals surface area contributed by atoms with Crippen molar-refractivity contribution in [3.8, 4) is 0 Å². The van der Waals surface area contributed by atoms with Crippen molar-refractivity contribution < 1.29 is 19.8 Å². The number of aliphatic carboxylic acids is 2. The van der Waals surface area contributed by atoms with Crippen LogP contribution in [0.25, 0.3) is 0 Å². The molecule has 0 aliphatic rings. The number of hydrogen-bond donors (Lipinski definition) is 2. The summed E-state index contributed by atoms with van der Waals surface area (Å²) in [6, 6.07) is 0. The minimum Gasteiger partial charge on any atom is -0.478 e. The van der Waals surface area contributed by atoms with Gasteiger partial charge in [-0.15, -0.1) is 0 Å². The Hall–Kier alpha value is -1.32. The summed E-state index contributed by atoms with van der Waals surface area (Å²) in [7, 11) is 0. The van der Waals surface area contributed by atoms with Crippen LogP contribution in [0, 0.1) is 0 Å². The van der Waals surface area contributed by atoms with Gasteiger partial charge in [-0.1, -0.05) is 90.4 Å². The Kier molecular flexibility index (Phi) is 15.6. The maximum Gasteiger partial charge on any atom is 0.331 e. The lowest BCUT2D eigenvalue weighted by Crippen LogP contribution is -2.04. The average Bonchev–Trinajstić information content (AvgIpc) is 2.53. The summed E-state index contributed by atoms with van der Waals surface area (Å²) in [5.41, 5.74) is 0.00133. The van der Waals surface area contributed by atoms with Gasteiger partial charge in [-0.25, -0.2) is 9.59 Å². The highest BCUT2D eigenvalue weighted by Crippen LogP contribution is 2.14. The lowest BCUT2D eigenvalue weighted by atomic mass is 10.0. The average molecular weight is 341 g/mol. The molecule has 0 saturated heterocycles.